The predicted molar refractivity (Wildman–Crippen MR) is 87.2 cm³/mol. The van der Waals surface area contributed by atoms with Crippen LogP contribution in [0.5, 0.6) is 0 Å². The number of rotatable bonds is 5. The Balaban J connectivity index is 1.54. The van der Waals surface area contributed by atoms with Crippen molar-refractivity contribution < 1.29 is 19.1 Å². The van der Waals surface area contributed by atoms with Crippen molar-refractivity contribution in [2.45, 2.75) is 39.0 Å². The summed E-state index contributed by atoms with van der Waals surface area (Å²) in [6, 6.07) is -0.285. The molecule has 3 amide bonds. The van der Waals surface area contributed by atoms with Gasteiger partial charge in [0.15, 0.2) is 0 Å². The number of ether oxygens (including phenoxy) is 1. The van der Waals surface area contributed by atoms with Crippen LogP contribution in [0.2, 0.25) is 0 Å². The molecule has 0 aromatic carbocycles. The zero-order chi connectivity index (χ0) is 17.2. The van der Waals surface area contributed by atoms with Gasteiger partial charge in [0.1, 0.15) is 6.54 Å². The fourth-order valence-corrected chi connectivity index (χ4v) is 3.83. The van der Waals surface area contributed by atoms with Crippen LogP contribution in [0.15, 0.2) is 0 Å². The lowest BCUT2D eigenvalue weighted by atomic mass is 9.78. The largest absolute Gasteiger partial charge is 0.465 e. The van der Waals surface area contributed by atoms with Crippen LogP contribution >= 0.6 is 0 Å². The first-order chi connectivity index (χ1) is 11.5. The lowest BCUT2D eigenvalue weighted by Crippen LogP contribution is -2.51. The number of carbonyl (C=O) groups excluding carboxylic acids is 3. The van der Waals surface area contributed by atoms with E-state index < -0.39 is 11.4 Å². The minimum atomic E-state index is -0.441. The number of amides is 3. The van der Waals surface area contributed by atoms with Crippen LogP contribution in [0.4, 0.5) is 4.79 Å². The van der Waals surface area contributed by atoms with Crippen molar-refractivity contribution in [1.29, 1.82) is 0 Å². The molecular weight excluding hydrogens is 310 g/mol. The van der Waals surface area contributed by atoms with Crippen LogP contribution in [0.3, 0.4) is 0 Å². The Morgan fingerprint density at radius 1 is 1.29 bits per heavy atom. The van der Waals surface area contributed by atoms with Crippen molar-refractivity contribution in [2.75, 3.05) is 39.3 Å². The summed E-state index contributed by atoms with van der Waals surface area (Å²) in [7, 11) is 0. The van der Waals surface area contributed by atoms with Crippen molar-refractivity contribution >= 4 is 17.9 Å². The standard InChI is InChI=1S/C17H27N3O4/c1-2-24-14(21)10-18-16(23)20-9-7-17(12-20)6-3-8-19(15(17)22)11-13-4-5-13/h13H,2-12H2,1H3,(H,18,23)/t17-/m0/s1. The van der Waals surface area contributed by atoms with Gasteiger partial charge in [-0.2, -0.15) is 0 Å². The van der Waals surface area contributed by atoms with Gasteiger partial charge in [0.25, 0.3) is 0 Å². The van der Waals surface area contributed by atoms with Gasteiger partial charge in [-0.15, -0.1) is 0 Å². The van der Waals surface area contributed by atoms with E-state index in [-0.39, 0.29) is 18.5 Å². The van der Waals surface area contributed by atoms with Crippen LogP contribution in [0.25, 0.3) is 0 Å². The van der Waals surface area contributed by atoms with Crippen LogP contribution in [-0.4, -0.2) is 67.0 Å². The predicted octanol–water partition coefficient (Wildman–Crippen LogP) is 0.984. The molecule has 1 aliphatic carbocycles. The second-order valence-corrected chi connectivity index (χ2v) is 7.21. The van der Waals surface area contributed by atoms with Gasteiger partial charge in [-0.1, -0.05) is 0 Å². The van der Waals surface area contributed by atoms with E-state index in [0.717, 1.165) is 32.4 Å². The Hall–Kier alpha value is -1.79. The minimum absolute atomic E-state index is 0.127. The van der Waals surface area contributed by atoms with Gasteiger partial charge in [-0.25, -0.2) is 4.79 Å². The number of likely N-dealkylation sites (tertiary alicyclic amines) is 2. The smallest absolute Gasteiger partial charge is 0.325 e. The molecule has 2 saturated heterocycles. The molecule has 0 aromatic rings. The van der Waals surface area contributed by atoms with Gasteiger partial charge in [0, 0.05) is 26.2 Å². The molecule has 1 saturated carbocycles. The Kier molecular flexibility index (Phi) is 4.96. The number of carbonyl (C=O) groups is 3. The number of esters is 1. The summed E-state index contributed by atoms with van der Waals surface area (Å²) in [4.78, 5) is 40.2. The minimum Gasteiger partial charge on any atom is -0.465 e. The summed E-state index contributed by atoms with van der Waals surface area (Å²) >= 11 is 0. The normalized spacial score (nSPS) is 26.8. The lowest BCUT2D eigenvalue weighted by molar-refractivity contribution is -0.146. The topological polar surface area (TPSA) is 79.0 Å². The number of nitrogens with zero attached hydrogens (tertiary/aromatic N) is 2. The Labute approximate surface area is 142 Å². The maximum Gasteiger partial charge on any atom is 0.325 e. The average Bonchev–Trinajstić information content (AvgIpc) is 3.28. The summed E-state index contributed by atoms with van der Waals surface area (Å²) in [5.41, 5.74) is -0.408. The van der Waals surface area contributed by atoms with Crippen LogP contribution in [0.1, 0.15) is 39.0 Å². The molecule has 3 aliphatic rings. The summed E-state index contributed by atoms with van der Waals surface area (Å²) in [6.45, 7) is 4.66. The number of urea groups is 1. The maximum absolute atomic E-state index is 12.9. The summed E-state index contributed by atoms with van der Waals surface area (Å²) in [5, 5.41) is 2.59. The van der Waals surface area contributed by atoms with Crippen LogP contribution in [-0.2, 0) is 14.3 Å². The van der Waals surface area contributed by atoms with Gasteiger partial charge < -0.3 is 19.9 Å². The van der Waals surface area contributed by atoms with Gasteiger partial charge in [-0.3, -0.25) is 9.59 Å². The second-order valence-electron chi connectivity index (χ2n) is 7.21. The highest BCUT2D eigenvalue weighted by Crippen LogP contribution is 2.41. The Bertz CT molecular complexity index is 520. The molecule has 0 bridgehead atoms. The SMILES string of the molecule is CCOC(=O)CNC(=O)N1CC[C@@]2(CCCN(CC3CC3)C2=O)C1. The molecule has 0 aromatic heterocycles. The van der Waals surface area contributed by atoms with Gasteiger partial charge >= 0.3 is 12.0 Å². The molecule has 1 spiro atoms. The molecule has 0 radical (unpaired) electrons. The van der Waals surface area contributed by atoms with Crippen LogP contribution < -0.4 is 5.32 Å². The molecule has 2 aliphatic heterocycles. The zero-order valence-corrected chi connectivity index (χ0v) is 14.4. The molecule has 7 nitrogen and oxygen atoms in total. The van der Waals surface area contributed by atoms with Crippen LogP contribution in [0, 0.1) is 11.3 Å². The molecule has 0 unspecified atom stereocenters. The first-order valence-corrected chi connectivity index (χ1v) is 9.02. The van der Waals surface area contributed by atoms with E-state index in [1.807, 2.05) is 4.90 Å². The first-order valence-electron chi connectivity index (χ1n) is 9.02. The summed E-state index contributed by atoms with van der Waals surface area (Å²) in [5.74, 6) is 0.472. The van der Waals surface area contributed by atoms with Crippen molar-refractivity contribution in [1.82, 2.24) is 15.1 Å². The van der Waals surface area contributed by atoms with E-state index in [2.05, 4.69) is 5.32 Å². The fraction of sp³-hybridized carbons (Fsp3) is 0.824. The number of nitrogens with one attached hydrogen (secondary N) is 1. The quantitative estimate of drug-likeness (QED) is 0.759. The second kappa shape index (κ2) is 6.99. The van der Waals surface area contributed by atoms with E-state index in [0.29, 0.717) is 25.6 Å². The third-order valence-corrected chi connectivity index (χ3v) is 5.33. The van der Waals surface area contributed by atoms with Gasteiger partial charge in [0.05, 0.1) is 12.0 Å². The highest BCUT2D eigenvalue weighted by molar-refractivity contribution is 5.86. The third-order valence-electron chi connectivity index (χ3n) is 5.33. The number of hydrogen-bond donors (Lipinski definition) is 1. The van der Waals surface area contributed by atoms with E-state index >= 15 is 0 Å². The lowest BCUT2D eigenvalue weighted by Gasteiger charge is -2.39. The monoisotopic (exact) mass is 337 g/mol. The highest BCUT2D eigenvalue weighted by atomic mass is 16.5. The van der Waals surface area contributed by atoms with Crippen molar-refractivity contribution in [3.63, 3.8) is 0 Å². The summed E-state index contributed by atoms with van der Waals surface area (Å²) in [6.07, 6.45) is 5.06. The molecule has 2 heterocycles. The number of hydrogen-bond acceptors (Lipinski definition) is 4. The third kappa shape index (κ3) is 3.65. The van der Waals surface area contributed by atoms with Gasteiger partial charge in [-0.05, 0) is 44.9 Å². The van der Waals surface area contributed by atoms with Crippen molar-refractivity contribution in [3.05, 3.63) is 0 Å². The average molecular weight is 337 g/mol. The highest BCUT2D eigenvalue weighted by Gasteiger charge is 2.49. The molecule has 24 heavy (non-hydrogen) atoms. The van der Waals surface area contributed by atoms with Gasteiger partial charge in [0.2, 0.25) is 5.91 Å². The molecule has 7 heteroatoms. The fourth-order valence-electron chi connectivity index (χ4n) is 3.83. The van der Waals surface area contributed by atoms with E-state index in [9.17, 15) is 14.4 Å². The van der Waals surface area contributed by atoms with E-state index in [1.165, 1.54) is 12.8 Å². The molecule has 134 valence electrons. The Morgan fingerprint density at radius 2 is 2.08 bits per heavy atom. The molecular formula is C17H27N3O4. The first kappa shape index (κ1) is 17.0. The molecule has 1 atom stereocenters. The molecule has 1 N–H and O–H groups in total. The Morgan fingerprint density at radius 3 is 2.79 bits per heavy atom. The van der Waals surface area contributed by atoms with E-state index in [4.69, 9.17) is 4.74 Å². The zero-order valence-electron chi connectivity index (χ0n) is 14.4. The maximum atomic E-state index is 12.9. The van der Waals surface area contributed by atoms with Crippen molar-refractivity contribution in [2.24, 2.45) is 11.3 Å². The van der Waals surface area contributed by atoms with E-state index in [1.54, 1.807) is 11.8 Å². The number of piperidine rings is 1. The van der Waals surface area contributed by atoms with Crippen molar-refractivity contribution in [3.8, 4) is 0 Å². The molecule has 3 fully saturated rings. The molecule has 3 rings (SSSR count). The summed E-state index contributed by atoms with van der Waals surface area (Å²) < 4.78 is 4.81.